The number of hydrogen-bond acceptors (Lipinski definition) is 7. The van der Waals surface area contributed by atoms with Gasteiger partial charge in [-0.3, -0.25) is 0 Å². The average molecular weight is 303 g/mol. The maximum Gasteiger partial charge on any atom is 0.256 e. The summed E-state index contributed by atoms with van der Waals surface area (Å²) in [6.45, 7) is 4.14. The van der Waals surface area contributed by atoms with Gasteiger partial charge in [0.25, 0.3) is 5.88 Å². The molecule has 2 heterocycles. The van der Waals surface area contributed by atoms with Crippen molar-refractivity contribution in [3.63, 3.8) is 0 Å². The molecule has 7 heteroatoms. The number of rotatable bonds is 5. The summed E-state index contributed by atoms with van der Waals surface area (Å²) in [6.07, 6.45) is 2.19. The van der Waals surface area contributed by atoms with Crippen LogP contribution in [0.1, 0.15) is 36.6 Å². The van der Waals surface area contributed by atoms with Gasteiger partial charge in [0, 0.05) is 18.2 Å². The molecular formula is C15H21N5O2. The zero-order chi connectivity index (χ0) is 16.3. The lowest BCUT2D eigenvalue weighted by Crippen LogP contribution is -2.08. The van der Waals surface area contributed by atoms with Gasteiger partial charge in [0.15, 0.2) is 5.75 Å². The molecular weight excluding hydrogens is 282 g/mol. The van der Waals surface area contributed by atoms with Crippen molar-refractivity contribution in [2.24, 2.45) is 0 Å². The standard InChI is InChI=1S/C15H21N5O2/c1-8(2)12-9(6-11(21-3)14(19-12)22-4)5-10-7-18-15(17)20-13(10)16/h6-8H,5H2,1-4H3,(H4,16,17,18,20). The van der Waals surface area contributed by atoms with Gasteiger partial charge in [0.05, 0.1) is 19.9 Å². The van der Waals surface area contributed by atoms with Crippen molar-refractivity contribution in [3.05, 3.63) is 29.1 Å². The van der Waals surface area contributed by atoms with E-state index in [9.17, 15) is 0 Å². The minimum Gasteiger partial charge on any atom is -0.491 e. The van der Waals surface area contributed by atoms with Crippen LogP contribution in [0.2, 0.25) is 0 Å². The molecule has 0 fully saturated rings. The third-order valence-electron chi connectivity index (χ3n) is 3.32. The second-order valence-corrected chi connectivity index (χ2v) is 5.21. The lowest BCUT2D eigenvalue weighted by atomic mass is 9.98. The summed E-state index contributed by atoms with van der Waals surface area (Å²) in [7, 11) is 3.15. The Labute approximate surface area is 129 Å². The van der Waals surface area contributed by atoms with E-state index in [0.29, 0.717) is 23.9 Å². The zero-order valence-electron chi connectivity index (χ0n) is 13.3. The quantitative estimate of drug-likeness (QED) is 0.866. The number of methoxy groups -OCH3 is 2. The van der Waals surface area contributed by atoms with Gasteiger partial charge < -0.3 is 20.9 Å². The fourth-order valence-electron chi connectivity index (χ4n) is 2.24. The lowest BCUT2D eigenvalue weighted by Gasteiger charge is -2.16. The number of anilines is 2. The second kappa shape index (κ2) is 6.46. The van der Waals surface area contributed by atoms with E-state index in [2.05, 4.69) is 28.8 Å². The zero-order valence-corrected chi connectivity index (χ0v) is 13.3. The Bertz CT molecular complexity index is 673. The van der Waals surface area contributed by atoms with Crippen molar-refractivity contribution >= 4 is 11.8 Å². The van der Waals surface area contributed by atoms with E-state index < -0.39 is 0 Å². The summed E-state index contributed by atoms with van der Waals surface area (Å²) in [6, 6.07) is 1.91. The molecule has 0 aromatic carbocycles. The molecule has 2 aromatic rings. The highest BCUT2D eigenvalue weighted by Gasteiger charge is 2.17. The average Bonchev–Trinajstić information content (AvgIpc) is 2.49. The molecule has 0 unspecified atom stereocenters. The molecule has 0 saturated heterocycles. The van der Waals surface area contributed by atoms with Crippen molar-refractivity contribution in [2.75, 3.05) is 25.7 Å². The van der Waals surface area contributed by atoms with E-state index in [0.717, 1.165) is 16.8 Å². The van der Waals surface area contributed by atoms with Crippen molar-refractivity contribution in [1.82, 2.24) is 15.0 Å². The van der Waals surface area contributed by atoms with Gasteiger partial charge >= 0.3 is 0 Å². The number of nitrogens with two attached hydrogens (primary N) is 2. The van der Waals surface area contributed by atoms with Crippen LogP contribution in [0.4, 0.5) is 11.8 Å². The van der Waals surface area contributed by atoms with Gasteiger partial charge in [-0.2, -0.15) is 4.98 Å². The molecule has 0 spiro atoms. The lowest BCUT2D eigenvalue weighted by molar-refractivity contribution is 0.340. The first kappa shape index (κ1) is 15.8. The highest BCUT2D eigenvalue weighted by molar-refractivity contribution is 5.48. The van der Waals surface area contributed by atoms with E-state index in [4.69, 9.17) is 20.9 Å². The summed E-state index contributed by atoms with van der Waals surface area (Å²) in [5.74, 6) is 1.81. The molecule has 0 aliphatic rings. The minimum atomic E-state index is 0.163. The van der Waals surface area contributed by atoms with E-state index in [1.807, 2.05) is 6.07 Å². The Morgan fingerprint density at radius 3 is 2.36 bits per heavy atom. The van der Waals surface area contributed by atoms with Gasteiger partial charge in [-0.1, -0.05) is 13.8 Å². The third kappa shape index (κ3) is 3.19. The van der Waals surface area contributed by atoms with Crippen LogP contribution in [0.25, 0.3) is 0 Å². The molecule has 2 aromatic heterocycles. The SMILES string of the molecule is COc1cc(Cc2cnc(N)nc2N)c(C(C)C)nc1OC. The molecule has 0 aliphatic carbocycles. The molecule has 22 heavy (non-hydrogen) atoms. The van der Waals surface area contributed by atoms with Crippen molar-refractivity contribution in [1.29, 1.82) is 0 Å². The van der Waals surface area contributed by atoms with Crippen LogP contribution in [0.5, 0.6) is 11.6 Å². The Morgan fingerprint density at radius 2 is 1.82 bits per heavy atom. The Kier molecular flexibility index (Phi) is 4.65. The van der Waals surface area contributed by atoms with Crippen LogP contribution in [0, 0.1) is 0 Å². The molecule has 0 amide bonds. The molecule has 0 radical (unpaired) electrons. The van der Waals surface area contributed by atoms with Crippen LogP contribution in [-0.2, 0) is 6.42 Å². The molecule has 0 aliphatic heterocycles. The number of ether oxygens (including phenoxy) is 2. The van der Waals surface area contributed by atoms with Crippen LogP contribution >= 0.6 is 0 Å². The summed E-state index contributed by atoms with van der Waals surface area (Å²) in [5, 5.41) is 0. The maximum absolute atomic E-state index is 5.91. The van der Waals surface area contributed by atoms with Crippen molar-refractivity contribution in [2.45, 2.75) is 26.2 Å². The molecule has 4 N–H and O–H groups in total. The monoisotopic (exact) mass is 303 g/mol. The van der Waals surface area contributed by atoms with Gasteiger partial charge in [0.1, 0.15) is 5.82 Å². The first-order valence-electron chi connectivity index (χ1n) is 6.94. The number of pyridine rings is 1. The Balaban J connectivity index is 2.48. The van der Waals surface area contributed by atoms with Crippen molar-refractivity contribution < 1.29 is 9.47 Å². The van der Waals surface area contributed by atoms with Crippen molar-refractivity contribution in [3.8, 4) is 11.6 Å². The first-order chi connectivity index (χ1) is 10.5. The highest BCUT2D eigenvalue weighted by Crippen LogP contribution is 2.32. The number of aromatic nitrogens is 3. The number of hydrogen-bond donors (Lipinski definition) is 2. The number of nitrogens with zero attached hydrogens (tertiary/aromatic N) is 3. The first-order valence-corrected chi connectivity index (χ1v) is 6.94. The summed E-state index contributed by atoms with van der Waals surface area (Å²) in [4.78, 5) is 12.5. The van der Waals surface area contributed by atoms with E-state index in [-0.39, 0.29) is 11.9 Å². The van der Waals surface area contributed by atoms with Crippen LogP contribution in [-0.4, -0.2) is 29.2 Å². The fraction of sp³-hybridized carbons (Fsp3) is 0.400. The topological polar surface area (TPSA) is 109 Å². The predicted molar refractivity (Wildman–Crippen MR) is 85.1 cm³/mol. The Hall–Kier alpha value is -2.57. The molecule has 0 atom stereocenters. The van der Waals surface area contributed by atoms with Gasteiger partial charge in [-0.15, -0.1) is 0 Å². The normalized spacial score (nSPS) is 10.8. The van der Waals surface area contributed by atoms with E-state index in [1.54, 1.807) is 20.4 Å². The second-order valence-electron chi connectivity index (χ2n) is 5.21. The van der Waals surface area contributed by atoms with Crippen LogP contribution in [0.15, 0.2) is 12.3 Å². The molecule has 0 bridgehead atoms. The summed E-state index contributed by atoms with van der Waals surface area (Å²) >= 11 is 0. The molecule has 7 nitrogen and oxygen atoms in total. The minimum absolute atomic E-state index is 0.163. The molecule has 2 rings (SSSR count). The third-order valence-corrected chi connectivity index (χ3v) is 3.32. The highest BCUT2D eigenvalue weighted by atomic mass is 16.5. The smallest absolute Gasteiger partial charge is 0.256 e. The predicted octanol–water partition coefficient (Wildman–Crippen LogP) is 1.77. The van der Waals surface area contributed by atoms with E-state index >= 15 is 0 Å². The summed E-state index contributed by atoms with van der Waals surface area (Å²) < 4.78 is 10.6. The van der Waals surface area contributed by atoms with Gasteiger partial charge in [-0.25, -0.2) is 9.97 Å². The molecule has 118 valence electrons. The number of nitrogen functional groups attached to an aromatic ring is 2. The van der Waals surface area contributed by atoms with Crippen LogP contribution < -0.4 is 20.9 Å². The summed E-state index contributed by atoms with van der Waals surface area (Å²) in [5.41, 5.74) is 14.2. The van der Waals surface area contributed by atoms with E-state index in [1.165, 1.54) is 0 Å². The van der Waals surface area contributed by atoms with Gasteiger partial charge in [-0.05, 0) is 17.5 Å². The van der Waals surface area contributed by atoms with Gasteiger partial charge in [0.2, 0.25) is 5.95 Å². The maximum atomic E-state index is 5.91. The molecule has 0 saturated carbocycles. The Morgan fingerprint density at radius 1 is 1.09 bits per heavy atom. The fourth-order valence-corrected chi connectivity index (χ4v) is 2.24. The largest absolute Gasteiger partial charge is 0.491 e. The van der Waals surface area contributed by atoms with Crippen LogP contribution in [0.3, 0.4) is 0 Å².